The highest BCUT2D eigenvalue weighted by atomic mass is 16.5. The van der Waals surface area contributed by atoms with E-state index < -0.39 is 11.6 Å². The lowest BCUT2D eigenvalue weighted by Gasteiger charge is -2.26. The molecular formula is C15H24N2O3. The summed E-state index contributed by atoms with van der Waals surface area (Å²) in [7, 11) is 0. The molecule has 1 atom stereocenters. The molecule has 1 rings (SSSR count). The molecule has 0 aliphatic rings. The van der Waals surface area contributed by atoms with Gasteiger partial charge in [-0.1, -0.05) is 12.1 Å². The lowest BCUT2D eigenvalue weighted by Crippen LogP contribution is -2.46. The zero-order chi connectivity index (χ0) is 15.2. The molecule has 0 heterocycles. The summed E-state index contributed by atoms with van der Waals surface area (Å²) in [5.41, 5.74) is 5.84. The third-order valence-electron chi connectivity index (χ3n) is 2.86. The number of nitrogens with two attached hydrogens (primary N) is 1. The first kappa shape index (κ1) is 16.5. The number of primary amides is 1. The van der Waals surface area contributed by atoms with Crippen LogP contribution >= 0.6 is 0 Å². The Morgan fingerprint density at radius 2 is 2.20 bits per heavy atom. The molecule has 0 saturated carbocycles. The van der Waals surface area contributed by atoms with Gasteiger partial charge in [0.15, 0.2) is 0 Å². The van der Waals surface area contributed by atoms with Gasteiger partial charge in [-0.25, -0.2) is 0 Å². The van der Waals surface area contributed by atoms with E-state index >= 15 is 0 Å². The Labute approximate surface area is 120 Å². The fourth-order valence-electron chi connectivity index (χ4n) is 1.85. The van der Waals surface area contributed by atoms with Gasteiger partial charge < -0.3 is 20.9 Å². The number of nitrogens with one attached hydrogen (secondary N) is 1. The van der Waals surface area contributed by atoms with Crippen LogP contribution in [0.1, 0.15) is 25.8 Å². The quantitative estimate of drug-likeness (QED) is 0.662. The average molecular weight is 280 g/mol. The van der Waals surface area contributed by atoms with Gasteiger partial charge in [-0.05, 0) is 38.5 Å². The number of amides is 1. The Hall–Kier alpha value is -1.59. The van der Waals surface area contributed by atoms with Crippen LogP contribution in [0.5, 0.6) is 5.75 Å². The molecule has 4 N–H and O–H groups in total. The molecule has 0 fully saturated rings. The SMILES string of the molecule is Cc1cccc(OCC(O)CNC(C)(C)CC(N)=O)c1. The summed E-state index contributed by atoms with van der Waals surface area (Å²) in [5.74, 6) is 0.369. The van der Waals surface area contributed by atoms with Crippen LogP contribution in [0.2, 0.25) is 0 Å². The fraction of sp³-hybridized carbons (Fsp3) is 0.533. The van der Waals surface area contributed by atoms with Crippen LogP contribution in [0.15, 0.2) is 24.3 Å². The molecule has 0 aromatic heterocycles. The van der Waals surface area contributed by atoms with Crippen molar-refractivity contribution in [2.45, 2.75) is 38.8 Å². The lowest BCUT2D eigenvalue weighted by atomic mass is 10.0. The number of carbonyl (C=O) groups is 1. The van der Waals surface area contributed by atoms with E-state index in [4.69, 9.17) is 10.5 Å². The lowest BCUT2D eigenvalue weighted by molar-refractivity contribution is -0.119. The second kappa shape index (κ2) is 7.26. The maximum atomic E-state index is 10.9. The number of carbonyl (C=O) groups excluding carboxylic acids is 1. The van der Waals surface area contributed by atoms with Gasteiger partial charge >= 0.3 is 0 Å². The summed E-state index contributed by atoms with van der Waals surface area (Å²) in [4.78, 5) is 10.9. The fourth-order valence-corrected chi connectivity index (χ4v) is 1.85. The van der Waals surface area contributed by atoms with Gasteiger partial charge in [-0.2, -0.15) is 0 Å². The van der Waals surface area contributed by atoms with Gasteiger partial charge in [0.1, 0.15) is 18.5 Å². The molecule has 0 aliphatic heterocycles. The van der Waals surface area contributed by atoms with E-state index in [0.29, 0.717) is 6.54 Å². The molecule has 1 aromatic carbocycles. The number of hydrogen-bond acceptors (Lipinski definition) is 4. The average Bonchev–Trinajstić information content (AvgIpc) is 2.32. The highest BCUT2D eigenvalue weighted by Crippen LogP contribution is 2.12. The van der Waals surface area contributed by atoms with Crippen molar-refractivity contribution in [2.75, 3.05) is 13.2 Å². The Morgan fingerprint density at radius 1 is 1.50 bits per heavy atom. The number of aryl methyl sites for hydroxylation is 1. The summed E-state index contributed by atoms with van der Waals surface area (Å²) in [6, 6.07) is 7.66. The Kier molecular flexibility index (Phi) is 5.98. The van der Waals surface area contributed by atoms with E-state index in [1.54, 1.807) is 0 Å². The maximum absolute atomic E-state index is 10.9. The van der Waals surface area contributed by atoms with Crippen LogP contribution in [0, 0.1) is 6.92 Å². The molecule has 0 saturated heterocycles. The first-order valence-corrected chi connectivity index (χ1v) is 6.69. The van der Waals surface area contributed by atoms with Crippen LogP contribution in [-0.4, -0.2) is 35.8 Å². The zero-order valence-corrected chi connectivity index (χ0v) is 12.3. The monoisotopic (exact) mass is 280 g/mol. The normalized spacial score (nSPS) is 13.0. The number of rotatable bonds is 8. The predicted molar refractivity (Wildman–Crippen MR) is 78.6 cm³/mol. The molecule has 0 aliphatic carbocycles. The van der Waals surface area contributed by atoms with E-state index in [-0.39, 0.29) is 18.9 Å². The summed E-state index contributed by atoms with van der Waals surface area (Å²) < 4.78 is 5.51. The highest BCUT2D eigenvalue weighted by Gasteiger charge is 2.21. The Bertz CT molecular complexity index is 446. The summed E-state index contributed by atoms with van der Waals surface area (Å²) in [6.45, 7) is 6.25. The summed E-state index contributed by atoms with van der Waals surface area (Å²) >= 11 is 0. The van der Waals surface area contributed by atoms with Gasteiger partial charge in [-0.15, -0.1) is 0 Å². The molecule has 0 radical (unpaired) electrons. The molecule has 1 amide bonds. The number of aliphatic hydroxyl groups is 1. The van der Waals surface area contributed by atoms with E-state index in [1.165, 1.54) is 0 Å². The van der Waals surface area contributed by atoms with Gasteiger partial charge in [-0.3, -0.25) is 4.79 Å². The van der Waals surface area contributed by atoms with Gasteiger partial charge in [0, 0.05) is 18.5 Å². The van der Waals surface area contributed by atoms with Gasteiger partial charge in [0.25, 0.3) is 0 Å². The van der Waals surface area contributed by atoms with Gasteiger partial charge in [0.2, 0.25) is 5.91 Å². The van der Waals surface area contributed by atoms with Crippen LogP contribution in [0.4, 0.5) is 0 Å². The van der Waals surface area contributed by atoms with Crippen molar-refractivity contribution >= 4 is 5.91 Å². The van der Waals surface area contributed by atoms with Crippen molar-refractivity contribution < 1.29 is 14.6 Å². The van der Waals surface area contributed by atoms with E-state index in [1.807, 2.05) is 45.0 Å². The van der Waals surface area contributed by atoms with E-state index in [2.05, 4.69) is 5.32 Å². The highest BCUT2D eigenvalue weighted by molar-refractivity contribution is 5.74. The van der Waals surface area contributed by atoms with Gasteiger partial charge in [0.05, 0.1) is 0 Å². The molecule has 112 valence electrons. The minimum Gasteiger partial charge on any atom is -0.491 e. The summed E-state index contributed by atoms with van der Waals surface area (Å²) in [6.07, 6.45) is -0.430. The minimum atomic E-state index is -0.650. The first-order chi connectivity index (χ1) is 9.28. The first-order valence-electron chi connectivity index (χ1n) is 6.69. The molecule has 5 nitrogen and oxygen atoms in total. The second-order valence-electron chi connectivity index (χ2n) is 5.69. The molecule has 20 heavy (non-hydrogen) atoms. The molecule has 1 unspecified atom stereocenters. The molecule has 0 bridgehead atoms. The third-order valence-corrected chi connectivity index (χ3v) is 2.86. The van der Waals surface area contributed by atoms with Crippen LogP contribution in [0.3, 0.4) is 0 Å². The van der Waals surface area contributed by atoms with Crippen molar-refractivity contribution in [3.63, 3.8) is 0 Å². The second-order valence-corrected chi connectivity index (χ2v) is 5.69. The Morgan fingerprint density at radius 3 is 2.80 bits per heavy atom. The molecule has 0 spiro atoms. The van der Waals surface area contributed by atoms with Crippen molar-refractivity contribution in [2.24, 2.45) is 5.73 Å². The van der Waals surface area contributed by atoms with Crippen LogP contribution in [0.25, 0.3) is 0 Å². The van der Waals surface area contributed by atoms with Crippen molar-refractivity contribution in [3.05, 3.63) is 29.8 Å². The zero-order valence-electron chi connectivity index (χ0n) is 12.3. The third kappa shape index (κ3) is 6.54. The standard InChI is InChI=1S/C15H24N2O3/c1-11-5-4-6-13(7-11)20-10-12(18)9-17-15(2,3)8-14(16)19/h4-7,12,17-18H,8-10H2,1-3H3,(H2,16,19). The smallest absolute Gasteiger partial charge is 0.219 e. The minimum absolute atomic E-state index is 0.198. The molecule has 5 heteroatoms. The van der Waals surface area contributed by atoms with E-state index in [0.717, 1.165) is 11.3 Å². The summed E-state index contributed by atoms with van der Waals surface area (Å²) in [5, 5.41) is 13.0. The maximum Gasteiger partial charge on any atom is 0.219 e. The molecule has 1 aromatic rings. The number of hydrogen-bond donors (Lipinski definition) is 3. The topological polar surface area (TPSA) is 84.6 Å². The predicted octanol–water partition coefficient (Wildman–Crippen LogP) is 0.978. The number of aliphatic hydroxyl groups excluding tert-OH is 1. The van der Waals surface area contributed by atoms with Crippen molar-refractivity contribution in [1.29, 1.82) is 0 Å². The Balaban J connectivity index is 2.33. The molecular weight excluding hydrogens is 256 g/mol. The van der Waals surface area contributed by atoms with Crippen molar-refractivity contribution in [3.8, 4) is 5.75 Å². The van der Waals surface area contributed by atoms with Crippen LogP contribution < -0.4 is 15.8 Å². The largest absolute Gasteiger partial charge is 0.491 e. The van der Waals surface area contributed by atoms with Crippen LogP contribution in [-0.2, 0) is 4.79 Å². The number of ether oxygens (including phenoxy) is 1. The van der Waals surface area contributed by atoms with Crippen molar-refractivity contribution in [1.82, 2.24) is 5.32 Å². The number of β-amino-alcohol motifs (C(OH)–C–C–N with tert-alkyl or cyclic N) is 1. The number of benzene rings is 1. The van der Waals surface area contributed by atoms with E-state index in [9.17, 15) is 9.90 Å².